The highest BCUT2D eigenvalue weighted by molar-refractivity contribution is 7.91. The molecule has 192 valence electrons. The lowest BCUT2D eigenvalue weighted by Gasteiger charge is -2.26. The summed E-state index contributed by atoms with van der Waals surface area (Å²) in [4.78, 5) is 19.8. The zero-order valence-electron chi connectivity index (χ0n) is 20.2. The molecule has 1 N–H and O–H groups in total. The topological polar surface area (TPSA) is 88.6 Å². The smallest absolute Gasteiger partial charge is 0.235 e. The molecule has 0 unspecified atom stereocenters. The zero-order valence-corrected chi connectivity index (χ0v) is 21.8. The van der Waals surface area contributed by atoms with Crippen LogP contribution in [0.5, 0.6) is 0 Å². The highest BCUT2D eigenvalue weighted by Gasteiger charge is 2.21. The first-order chi connectivity index (χ1) is 17.3. The average Bonchev–Trinajstić information content (AvgIpc) is 3.20. The highest BCUT2D eigenvalue weighted by atomic mass is 32.2. The molecule has 10 heteroatoms. The molecule has 0 spiro atoms. The van der Waals surface area contributed by atoms with Gasteiger partial charge in [0.05, 0.1) is 24.7 Å². The summed E-state index contributed by atoms with van der Waals surface area (Å²) in [5.74, 6) is -1.68. The fraction of sp³-hybridized carbons (Fsp3) is 0.385. The minimum Gasteiger partial charge on any atom is -0.379 e. The SMILES string of the molecule is Cc1nc(-c2ccc(CN3CCOCC3)cc2)sc1CS(=O)(=O)CC(=O)NCCc1ccc(F)cc1. The number of thiazole rings is 1. The van der Waals surface area contributed by atoms with Gasteiger partial charge >= 0.3 is 0 Å². The molecule has 1 fully saturated rings. The van der Waals surface area contributed by atoms with Gasteiger partial charge in [-0.2, -0.15) is 0 Å². The predicted octanol–water partition coefficient (Wildman–Crippen LogP) is 3.36. The Balaban J connectivity index is 1.30. The molecule has 2 heterocycles. The van der Waals surface area contributed by atoms with Crippen molar-refractivity contribution in [2.24, 2.45) is 0 Å². The fourth-order valence-corrected chi connectivity index (χ4v) is 6.80. The Morgan fingerprint density at radius 2 is 1.75 bits per heavy atom. The number of sulfone groups is 1. The van der Waals surface area contributed by atoms with Gasteiger partial charge in [0.1, 0.15) is 16.6 Å². The van der Waals surface area contributed by atoms with Crippen molar-refractivity contribution in [1.82, 2.24) is 15.2 Å². The Labute approximate surface area is 215 Å². The van der Waals surface area contributed by atoms with E-state index < -0.39 is 21.5 Å². The first-order valence-electron chi connectivity index (χ1n) is 11.8. The van der Waals surface area contributed by atoms with Crippen molar-refractivity contribution in [2.75, 3.05) is 38.6 Å². The summed E-state index contributed by atoms with van der Waals surface area (Å²) in [6.07, 6.45) is 0.495. The fourth-order valence-electron chi connectivity index (χ4n) is 3.95. The third-order valence-corrected chi connectivity index (χ3v) is 8.77. The van der Waals surface area contributed by atoms with Gasteiger partial charge < -0.3 is 10.1 Å². The van der Waals surface area contributed by atoms with E-state index in [2.05, 4.69) is 27.3 Å². The van der Waals surface area contributed by atoms with Crippen LogP contribution in [0, 0.1) is 12.7 Å². The summed E-state index contributed by atoms with van der Waals surface area (Å²) in [5.41, 5.74) is 3.67. The Morgan fingerprint density at radius 1 is 1.08 bits per heavy atom. The van der Waals surface area contributed by atoms with Crippen LogP contribution in [0.1, 0.15) is 21.7 Å². The zero-order chi connectivity index (χ0) is 25.5. The van der Waals surface area contributed by atoms with Gasteiger partial charge in [-0.15, -0.1) is 11.3 Å². The maximum Gasteiger partial charge on any atom is 0.235 e. The molecule has 0 saturated carbocycles. The summed E-state index contributed by atoms with van der Waals surface area (Å²) in [6.45, 7) is 6.33. The van der Waals surface area contributed by atoms with Gasteiger partial charge in [0, 0.05) is 36.6 Å². The summed E-state index contributed by atoms with van der Waals surface area (Å²) in [5, 5.41) is 3.40. The molecule has 1 aromatic heterocycles. The second kappa shape index (κ2) is 12.1. The monoisotopic (exact) mass is 531 g/mol. The number of carbonyl (C=O) groups excluding carboxylic acids is 1. The second-order valence-corrected chi connectivity index (χ2v) is 12.0. The van der Waals surface area contributed by atoms with Crippen LogP contribution in [0.15, 0.2) is 48.5 Å². The Bertz CT molecular complexity index is 1270. The lowest BCUT2D eigenvalue weighted by molar-refractivity contribution is -0.118. The van der Waals surface area contributed by atoms with Gasteiger partial charge in [-0.1, -0.05) is 36.4 Å². The summed E-state index contributed by atoms with van der Waals surface area (Å²) in [7, 11) is -3.66. The average molecular weight is 532 g/mol. The van der Waals surface area contributed by atoms with Gasteiger partial charge in [-0.05, 0) is 36.6 Å². The molecule has 1 amide bonds. The van der Waals surface area contributed by atoms with Crippen molar-refractivity contribution < 1.29 is 22.3 Å². The predicted molar refractivity (Wildman–Crippen MR) is 139 cm³/mol. The molecule has 0 atom stereocenters. The van der Waals surface area contributed by atoms with E-state index in [1.54, 1.807) is 19.1 Å². The number of rotatable bonds is 10. The molecule has 1 saturated heterocycles. The second-order valence-electron chi connectivity index (χ2n) is 8.87. The largest absolute Gasteiger partial charge is 0.379 e. The number of benzene rings is 2. The van der Waals surface area contributed by atoms with Crippen molar-refractivity contribution in [3.63, 3.8) is 0 Å². The number of hydrogen-bond acceptors (Lipinski definition) is 7. The third-order valence-electron chi connectivity index (χ3n) is 5.95. The molecular formula is C26H30FN3O4S2. The van der Waals surface area contributed by atoms with E-state index >= 15 is 0 Å². The lowest BCUT2D eigenvalue weighted by atomic mass is 10.1. The van der Waals surface area contributed by atoms with Crippen LogP contribution in [-0.4, -0.2) is 62.8 Å². The van der Waals surface area contributed by atoms with Gasteiger partial charge in [-0.3, -0.25) is 9.69 Å². The summed E-state index contributed by atoms with van der Waals surface area (Å²) < 4.78 is 43.7. The van der Waals surface area contributed by atoms with E-state index in [9.17, 15) is 17.6 Å². The van der Waals surface area contributed by atoms with Crippen LogP contribution in [0.3, 0.4) is 0 Å². The van der Waals surface area contributed by atoms with E-state index in [-0.39, 0.29) is 18.1 Å². The van der Waals surface area contributed by atoms with E-state index in [0.29, 0.717) is 17.0 Å². The molecule has 3 aromatic rings. The van der Waals surface area contributed by atoms with E-state index in [1.807, 2.05) is 12.1 Å². The molecule has 0 bridgehead atoms. The summed E-state index contributed by atoms with van der Waals surface area (Å²) >= 11 is 1.34. The number of aryl methyl sites for hydroxylation is 1. The minimum absolute atomic E-state index is 0.225. The van der Waals surface area contributed by atoms with Crippen LogP contribution in [-0.2, 0) is 38.1 Å². The van der Waals surface area contributed by atoms with Crippen molar-refractivity contribution in [2.45, 2.75) is 25.6 Å². The van der Waals surface area contributed by atoms with Crippen LogP contribution >= 0.6 is 11.3 Å². The van der Waals surface area contributed by atoms with Crippen LogP contribution in [0.2, 0.25) is 0 Å². The van der Waals surface area contributed by atoms with Crippen LogP contribution < -0.4 is 5.32 Å². The number of nitrogens with one attached hydrogen (secondary N) is 1. The van der Waals surface area contributed by atoms with Crippen LogP contribution in [0.25, 0.3) is 10.6 Å². The normalized spacial score (nSPS) is 14.6. The number of morpholine rings is 1. The molecule has 0 aliphatic carbocycles. The molecule has 1 aliphatic heterocycles. The molecule has 0 radical (unpaired) electrons. The number of carbonyl (C=O) groups is 1. The lowest BCUT2D eigenvalue weighted by Crippen LogP contribution is -2.35. The molecular weight excluding hydrogens is 501 g/mol. The van der Waals surface area contributed by atoms with Crippen molar-refractivity contribution >= 4 is 27.1 Å². The van der Waals surface area contributed by atoms with E-state index in [4.69, 9.17) is 4.74 Å². The van der Waals surface area contributed by atoms with Crippen molar-refractivity contribution in [3.8, 4) is 10.6 Å². The number of amides is 1. The quantitative estimate of drug-likeness (QED) is 0.432. The first kappa shape index (κ1) is 26.4. The Morgan fingerprint density at radius 3 is 2.44 bits per heavy atom. The Kier molecular flexibility index (Phi) is 8.84. The molecule has 36 heavy (non-hydrogen) atoms. The Hall–Kier alpha value is -2.66. The first-order valence-corrected chi connectivity index (χ1v) is 14.5. The number of halogens is 1. The highest BCUT2D eigenvalue weighted by Crippen LogP contribution is 2.29. The van der Waals surface area contributed by atoms with Gasteiger partial charge in [-0.25, -0.2) is 17.8 Å². The van der Waals surface area contributed by atoms with Crippen molar-refractivity contribution in [1.29, 1.82) is 0 Å². The molecule has 4 rings (SSSR count). The number of hydrogen-bond donors (Lipinski definition) is 1. The molecule has 7 nitrogen and oxygen atoms in total. The summed E-state index contributed by atoms with van der Waals surface area (Å²) in [6, 6.07) is 14.2. The maximum atomic E-state index is 13.0. The number of ether oxygens (including phenoxy) is 1. The minimum atomic E-state index is -3.66. The molecule has 2 aromatic carbocycles. The van der Waals surface area contributed by atoms with Crippen LogP contribution in [0.4, 0.5) is 4.39 Å². The third kappa shape index (κ3) is 7.67. The number of aromatic nitrogens is 1. The van der Waals surface area contributed by atoms with Crippen molar-refractivity contribution in [3.05, 3.63) is 76.0 Å². The standard InChI is InChI=1S/C26H30FN3O4S2/c1-19-24(17-36(32,33)18-25(31)28-11-10-20-4-8-23(27)9-5-20)35-26(29-19)22-6-2-21(3-7-22)16-30-12-14-34-15-13-30/h2-9H,10-18H2,1H3,(H,28,31). The maximum absolute atomic E-state index is 13.0. The van der Waals surface area contributed by atoms with E-state index in [0.717, 1.165) is 49.0 Å². The van der Waals surface area contributed by atoms with Gasteiger partial charge in [0.15, 0.2) is 9.84 Å². The van der Waals surface area contributed by atoms with Gasteiger partial charge in [0.25, 0.3) is 0 Å². The van der Waals surface area contributed by atoms with Gasteiger partial charge in [0.2, 0.25) is 5.91 Å². The number of nitrogens with zero attached hydrogens (tertiary/aromatic N) is 2. The van der Waals surface area contributed by atoms with E-state index in [1.165, 1.54) is 29.0 Å². The molecule has 1 aliphatic rings.